The van der Waals surface area contributed by atoms with Gasteiger partial charge in [-0.05, 0) is 11.1 Å². The number of morpholine rings is 1. The maximum absolute atomic E-state index is 12.8. The van der Waals surface area contributed by atoms with E-state index in [1.54, 1.807) is 10.3 Å². The number of ether oxygens (including phenoxy) is 1. The van der Waals surface area contributed by atoms with Gasteiger partial charge >= 0.3 is 0 Å². The molecule has 0 saturated carbocycles. The number of hydrogen-bond donors (Lipinski definition) is 0. The van der Waals surface area contributed by atoms with E-state index in [1.165, 1.54) is 11.3 Å². The first-order chi connectivity index (χ1) is 15.4. The molecule has 4 rings (SSSR count). The van der Waals surface area contributed by atoms with E-state index in [0.29, 0.717) is 26.3 Å². The molecule has 0 bridgehead atoms. The number of rotatable bonds is 7. The smallest absolute Gasteiger partial charge is 0.243 e. The fourth-order valence-electron chi connectivity index (χ4n) is 3.70. The highest BCUT2D eigenvalue weighted by atomic mass is 32.2. The second-order valence-electron chi connectivity index (χ2n) is 7.56. The van der Waals surface area contributed by atoms with Crippen LogP contribution in [0.25, 0.3) is 0 Å². The lowest BCUT2D eigenvalue weighted by molar-refractivity contribution is -0.133. The minimum absolute atomic E-state index is 0.132. The van der Waals surface area contributed by atoms with Crippen LogP contribution in [0.2, 0.25) is 0 Å². The van der Waals surface area contributed by atoms with E-state index in [9.17, 15) is 13.2 Å². The first kappa shape index (κ1) is 22.4. The van der Waals surface area contributed by atoms with Gasteiger partial charge in [0.1, 0.15) is 11.6 Å². The Morgan fingerprint density at radius 2 is 1.62 bits per heavy atom. The first-order valence-electron chi connectivity index (χ1n) is 10.3. The van der Waals surface area contributed by atoms with Gasteiger partial charge in [-0.2, -0.15) is 0 Å². The summed E-state index contributed by atoms with van der Waals surface area (Å²) in [5, 5.41) is 2.48. The highest BCUT2D eigenvalue weighted by Gasteiger charge is 2.28. The maximum Gasteiger partial charge on any atom is 0.243 e. The van der Waals surface area contributed by atoms with Crippen molar-refractivity contribution in [1.82, 2.24) is 9.88 Å². The van der Waals surface area contributed by atoms with Gasteiger partial charge in [-0.1, -0.05) is 60.7 Å². The fraction of sp³-hybridized carbons (Fsp3) is 0.304. The molecular weight excluding hydrogens is 446 g/mol. The number of carbonyl (C=O) groups excluding carboxylic acids is 1. The van der Waals surface area contributed by atoms with Crippen molar-refractivity contribution in [2.45, 2.75) is 5.92 Å². The highest BCUT2D eigenvalue weighted by molar-refractivity contribution is 7.92. The molecule has 0 aliphatic carbocycles. The average Bonchev–Trinajstić information content (AvgIpc) is 3.28. The number of sulfonamides is 1. The SMILES string of the molecule is CS(=O)(=O)N(CC(=O)N1CCOCC1)c1csc(C(c2ccccc2)c2ccccc2)n1. The van der Waals surface area contributed by atoms with Gasteiger partial charge in [0.05, 0.1) is 25.4 Å². The van der Waals surface area contributed by atoms with Gasteiger partial charge in [-0.15, -0.1) is 11.3 Å². The van der Waals surface area contributed by atoms with Gasteiger partial charge in [0, 0.05) is 18.5 Å². The molecule has 1 amide bonds. The zero-order valence-corrected chi connectivity index (χ0v) is 19.4. The van der Waals surface area contributed by atoms with Crippen LogP contribution in [0.15, 0.2) is 66.0 Å². The molecule has 1 aromatic heterocycles. The fourth-order valence-corrected chi connectivity index (χ4v) is 5.50. The van der Waals surface area contributed by atoms with Crippen LogP contribution in [0.5, 0.6) is 0 Å². The third kappa shape index (κ3) is 5.17. The van der Waals surface area contributed by atoms with Crippen molar-refractivity contribution in [3.63, 3.8) is 0 Å². The number of amides is 1. The summed E-state index contributed by atoms with van der Waals surface area (Å²) in [6, 6.07) is 20.0. The Bertz CT molecular complexity index is 1100. The summed E-state index contributed by atoms with van der Waals surface area (Å²) >= 11 is 1.39. The Kier molecular flexibility index (Phi) is 6.88. The van der Waals surface area contributed by atoms with Gasteiger partial charge in [0.15, 0.2) is 5.82 Å². The quantitative estimate of drug-likeness (QED) is 0.529. The van der Waals surface area contributed by atoms with Gasteiger partial charge < -0.3 is 9.64 Å². The van der Waals surface area contributed by atoms with Crippen LogP contribution in [0.3, 0.4) is 0 Å². The molecule has 1 aliphatic heterocycles. The first-order valence-corrected chi connectivity index (χ1v) is 13.0. The Morgan fingerprint density at radius 3 is 2.16 bits per heavy atom. The van der Waals surface area contributed by atoms with E-state index >= 15 is 0 Å². The van der Waals surface area contributed by atoms with Crippen molar-refractivity contribution in [2.75, 3.05) is 43.4 Å². The molecule has 168 valence electrons. The molecule has 9 heteroatoms. The van der Waals surface area contributed by atoms with Crippen molar-refractivity contribution >= 4 is 33.1 Å². The van der Waals surface area contributed by atoms with E-state index < -0.39 is 10.0 Å². The lowest BCUT2D eigenvalue weighted by Crippen LogP contribution is -2.47. The second-order valence-corrected chi connectivity index (χ2v) is 10.4. The van der Waals surface area contributed by atoms with Gasteiger partial charge in [0.25, 0.3) is 0 Å². The number of thiazole rings is 1. The van der Waals surface area contributed by atoms with Crippen molar-refractivity contribution in [3.8, 4) is 0 Å². The largest absolute Gasteiger partial charge is 0.378 e. The number of anilines is 1. The van der Waals surface area contributed by atoms with Crippen LogP contribution in [0, 0.1) is 0 Å². The lowest BCUT2D eigenvalue weighted by Gasteiger charge is -2.29. The van der Waals surface area contributed by atoms with Crippen molar-refractivity contribution < 1.29 is 17.9 Å². The predicted octanol–water partition coefficient (Wildman–Crippen LogP) is 2.95. The van der Waals surface area contributed by atoms with E-state index in [-0.39, 0.29) is 24.2 Å². The number of nitrogens with zero attached hydrogens (tertiary/aromatic N) is 3. The second kappa shape index (κ2) is 9.81. The van der Waals surface area contributed by atoms with Crippen LogP contribution < -0.4 is 4.31 Å². The Morgan fingerprint density at radius 1 is 1.06 bits per heavy atom. The van der Waals surface area contributed by atoms with Crippen molar-refractivity contribution in [2.24, 2.45) is 0 Å². The van der Waals surface area contributed by atoms with E-state index in [2.05, 4.69) is 0 Å². The summed E-state index contributed by atoms with van der Waals surface area (Å²) in [7, 11) is -3.69. The maximum atomic E-state index is 12.8. The molecule has 1 aliphatic rings. The molecule has 32 heavy (non-hydrogen) atoms. The van der Waals surface area contributed by atoms with Crippen LogP contribution in [0.4, 0.5) is 5.82 Å². The number of aromatic nitrogens is 1. The predicted molar refractivity (Wildman–Crippen MR) is 126 cm³/mol. The van der Waals surface area contributed by atoms with E-state index in [1.807, 2.05) is 60.7 Å². The molecule has 0 N–H and O–H groups in total. The summed E-state index contributed by atoms with van der Waals surface area (Å²) in [4.78, 5) is 19.1. The monoisotopic (exact) mass is 471 g/mol. The summed E-state index contributed by atoms with van der Waals surface area (Å²) in [6.45, 7) is 1.57. The van der Waals surface area contributed by atoms with Crippen LogP contribution in [-0.4, -0.2) is 63.3 Å². The lowest BCUT2D eigenvalue weighted by atomic mass is 9.92. The molecular formula is C23H25N3O4S2. The molecule has 2 heterocycles. The Balaban J connectivity index is 1.66. The molecule has 0 spiro atoms. The van der Waals surface area contributed by atoms with Gasteiger partial charge in [-0.3, -0.25) is 4.79 Å². The Hall–Kier alpha value is -2.75. The number of hydrogen-bond acceptors (Lipinski definition) is 6. The summed E-state index contributed by atoms with van der Waals surface area (Å²) in [5.41, 5.74) is 2.13. The summed E-state index contributed by atoms with van der Waals surface area (Å²) < 4.78 is 31.5. The number of carbonyl (C=O) groups is 1. The molecule has 0 unspecified atom stereocenters. The van der Waals surface area contributed by atoms with E-state index in [0.717, 1.165) is 26.7 Å². The number of benzene rings is 2. The molecule has 3 aromatic rings. The normalized spacial score (nSPS) is 14.5. The standard InChI is InChI=1S/C23H25N3O4S2/c1-32(28,29)26(16-21(27)25-12-14-30-15-13-25)20-17-31-23(24-20)22(18-8-4-2-5-9-18)19-10-6-3-7-11-19/h2-11,17,22H,12-16H2,1H3. The van der Waals surface area contributed by atoms with Crippen LogP contribution in [-0.2, 0) is 19.6 Å². The molecule has 1 fully saturated rings. The molecule has 2 aromatic carbocycles. The van der Waals surface area contributed by atoms with Gasteiger partial charge in [-0.25, -0.2) is 17.7 Å². The molecule has 0 atom stereocenters. The third-order valence-electron chi connectivity index (χ3n) is 5.32. The molecule has 7 nitrogen and oxygen atoms in total. The Labute approximate surface area is 192 Å². The van der Waals surface area contributed by atoms with Gasteiger partial charge in [0.2, 0.25) is 15.9 Å². The third-order valence-corrected chi connectivity index (χ3v) is 7.34. The van der Waals surface area contributed by atoms with E-state index in [4.69, 9.17) is 9.72 Å². The molecule has 0 radical (unpaired) electrons. The minimum Gasteiger partial charge on any atom is -0.378 e. The van der Waals surface area contributed by atoms with Crippen molar-refractivity contribution in [3.05, 3.63) is 82.2 Å². The van der Waals surface area contributed by atoms with Crippen molar-refractivity contribution in [1.29, 1.82) is 0 Å². The molecule has 1 saturated heterocycles. The zero-order chi connectivity index (χ0) is 22.6. The summed E-state index contributed by atoms with van der Waals surface area (Å²) in [5.74, 6) is -0.116. The minimum atomic E-state index is -3.69. The average molecular weight is 472 g/mol. The van der Waals surface area contributed by atoms with Crippen LogP contribution >= 0.6 is 11.3 Å². The zero-order valence-electron chi connectivity index (χ0n) is 17.8. The summed E-state index contributed by atoms with van der Waals surface area (Å²) in [6.07, 6.45) is 1.10. The topological polar surface area (TPSA) is 79.8 Å². The highest BCUT2D eigenvalue weighted by Crippen LogP contribution is 2.35. The van der Waals surface area contributed by atoms with Crippen LogP contribution in [0.1, 0.15) is 22.1 Å².